The number of pyridine rings is 1. The maximum absolute atomic E-state index is 12.5. The summed E-state index contributed by atoms with van der Waals surface area (Å²) >= 11 is 0. The molecular formula is C15H20N4O3. The minimum atomic E-state index is -0.600. The van der Waals surface area contributed by atoms with Crippen molar-refractivity contribution in [3.05, 3.63) is 23.9 Å². The number of rotatable bonds is 2. The summed E-state index contributed by atoms with van der Waals surface area (Å²) in [7, 11) is 1.69. The highest BCUT2D eigenvalue weighted by molar-refractivity contribution is 5.92. The van der Waals surface area contributed by atoms with Gasteiger partial charge >= 0.3 is 6.03 Å². The smallest absolute Gasteiger partial charge is 0.322 e. The lowest BCUT2D eigenvalue weighted by atomic mass is 10.0. The van der Waals surface area contributed by atoms with Crippen LogP contribution in [-0.2, 0) is 16.0 Å². The summed E-state index contributed by atoms with van der Waals surface area (Å²) in [5.74, 6) is 0.436. The number of aryl methyl sites for hydroxylation is 1. The lowest BCUT2D eigenvalue weighted by molar-refractivity contribution is -0.141. The van der Waals surface area contributed by atoms with Crippen LogP contribution >= 0.6 is 0 Å². The molecule has 22 heavy (non-hydrogen) atoms. The quantitative estimate of drug-likeness (QED) is 0.878. The van der Waals surface area contributed by atoms with E-state index in [0.29, 0.717) is 18.8 Å². The fourth-order valence-electron chi connectivity index (χ4n) is 3.16. The lowest BCUT2D eigenvalue weighted by Gasteiger charge is -2.40. The molecule has 1 aromatic heterocycles. The van der Waals surface area contributed by atoms with Crippen molar-refractivity contribution >= 4 is 17.8 Å². The topological polar surface area (TPSA) is 88.8 Å². The number of aromatic nitrogens is 1. The molecule has 3 amide bonds. The Morgan fingerprint density at radius 1 is 1.45 bits per heavy atom. The zero-order valence-corrected chi connectivity index (χ0v) is 12.6. The van der Waals surface area contributed by atoms with E-state index in [1.54, 1.807) is 18.1 Å². The zero-order valence-electron chi connectivity index (χ0n) is 12.6. The molecule has 2 aliphatic heterocycles. The van der Waals surface area contributed by atoms with Crippen molar-refractivity contribution in [1.29, 1.82) is 0 Å². The summed E-state index contributed by atoms with van der Waals surface area (Å²) in [4.78, 5) is 31.7. The second kappa shape index (κ2) is 5.92. The van der Waals surface area contributed by atoms with Gasteiger partial charge in [0.15, 0.2) is 0 Å². The van der Waals surface area contributed by atoms with Gasteiger partial charge in [-0.3, -0.25) is 9.69 Å². The average molecular weight is 304 g/mol. The third-order valence-corrected chi connectivity index (χ3v) is 4.30. The molecule has 118 valence electrons. The van der Waals surface area contributed by atoms with E-state index in [4.69, 9.17) is 10.5 Å². The molecule has 2 atom stereocenters. The third-order valence-electron chi connectivity index (χ3n) is 4.30. The van der Waals surface area contributed by atoms with E-state index < -0.39 is 18.3 Å². The van der Waals surface area contributed by atoms with Crippen molar-refractivity contribution in [1.82, 2.24) is 9.88 Å². The molecule has 1 saturated heterocycles. The molecule has 0 spiro atoms. The standard InChI is InChI=1S/C15H20N4O3/c1-18(14(20)11-5-3-9-22-11)12-7-6-10-4-2-8-17-13(10)19(12)15(16)21/h2,4,8,11-12H,3,5-7,9H2,1H3,(H2,16,21)/t11-,12?/m1/s1. The number of likely N-dealkylation sites (N-methyl/N-ethyl adjacent to an activating group) is 1. The molecule has 2 aliphatic rings. The van der Waals surface area contributed by atoms with E-state index in [1.165, 1.54) is 4.90 Å². The Bertz CT molecular complexity index is 586. The van der Waals surface area contributed by atoms with Gasteiger partial charge in [-0.15, -0.1) is 0 Å². The summed E-state index contributed by atoms with van der Waals surface area (Å²) in [6.45, 7) is 0.610. The normalized spacial score (nSPS) is 24.0. The fourth-order valence-corrected chi connectivity index (χ4v) is 3.16. The highest BCUT2D eigenvalue weighted by atomic mass is 16.5. The number of carbonyl (C=O) groups excluding carboxylic acids is 2. The largest absolute Gasteiger partial charge is 0.368 e. The molecule has 0 radical (unpaired) electrons. The van der Waals surface area contributed by atoms with E-state index in [1.807, 2.05) is 12.1 Å². The Hall–Kier alpha value is -2.15. The Morgan fingerprint density at radius 2 is 2.27 bits per heavy atom. The maximum Gasteiger partial charge on any atom is 0.322 e. The molecular weight excluding hydrogens is 284 g/mol. The Balaban J connectivity index is 1.86. The van der Waals surface area contributed by atoms with Gasteiger partial charge in [-0.1, -0.05) is 6.07 Å². The van der Waals surface area contributed by atoms with Crippen LogP contribution in [0.3, 0.4) is 0 Å². The predicted octanol–water partition coefficient (Wildman–Crippen LogP) is 0.876. The van der Waals surface area contributed by atoms with E-state index in [9.17, 15) is 9.59 Å². The molecule has 0 saturated carbocycles. The molecule has 3 heterocycles. The zero-order chi connectivity index (χ0) is 15.7. The number of nitrogens with two attached hydrogens (primary N) is 1. The van der Waals surface area contributed by atoms with Crippen LogP contribution < -0.4 is 10.6 Å². The van der Waals surface area contributed by atoms with Crippen LogP contribution in [0.1, 0.15) is 24.8 Å². The molecule has 1 fully saturated rings. The number of ether oxygens (including phenoxy) is 1. The molecule has 2 N–H and O–H groups in total. The van der Waals surface area contributed by atoms with Crippen molar-refractivity contribution in [2.24, 2.45) is 5.73 Å². The number of primary amides is 1. The number of urea groups is 1. The van der Waals surface area contributed by atoms with E-state index in [0.717, 1.165) is 24.8 Å². The van der Waals surface area contributed by atoms with Gasteiger partial charge in [0, 0.05) is 19.9 Å². The monoisotopic (exact) mass is 304 g/mol. The molecule has 3 rings (SSSR count). The van der Waals surface area contributed by atoms with Gasteiger partial charge in [-0.2, -0.15) is 0 Å². The number of nitrogens with zero attached hydrogens (tertiary/aromatic N) is 3. The molecule has 0 aromatic carbocycles. The van der Waals surface area contributed by atoms with Crippen molar-refractivity contribution in [2.75, 3.05) is 18.6 Å². The number of anilines is 1. The van der Waals surface area contributed by atoms with Crippen molar-refractivity contribution in [3.63, 3.8) is 0 Å². The third kappa shape index (κ3) is 2.52. The van der Waals surface area contributed by atoms with E-state index >= 15 is 0 Å². The molecule has 0 bridgehead atoms. The first-order chi connectivity index (χ1) is 10.6. The Labute approximate surface area is 129 Å². The van der Waals surface area contributed by atoms with Gasteiger partial charge in [-0.05, 0) is 37.3 Å². The first-order valence-corrected chi connectivity index (χ1v) is 7.50. The molecule has 7 heteroatoms. The molecule has 1 aromatic rings. The number of amides is 3. The number of carbonyl (C=O) groups is 2. The SMILES string of the molecule is CN(C(=O)[C@H]1CCCO1)C1CCc2cccnc2N1C(N)=O. The van der Waals surface area contributed by atoms with Crippen LogP contribution in [0.5, 0.6) is 0 Å². The van der Waals surface area contributed by atoms with Crippen molar-refractivity contribution < 1.29 is 14.3 Å². The molecule has 0 aliphatic carbocycles. The average Bonchev–Trinajstić information content (AvgIpc) is 3.06. The van der Waals surface area contributed by atoms with Gasteiger partial charge < -0.3 is 15.4 Å². The maximum atomic E-state index is 12.5. The number of hydrogen-bond acceptors (Lipinski definition) is 4. The summed E-state index contributed by atoms with van der Waals surface area (Å²) in [6.07, 6.45) is 3.79. The van der Waals surface area contributed by atoms with Crippen LogP contribution in [-0.4, -0.2) is 47.7 Å². The second-order valence-corrected chi connectivity index (χ2v) is 5.66. The first-order valence-electron chi connectivity index (χ1n) is 7.50. The summed E-state index contributed by atoms with van der Waals surface area (Å²) in [6, 6.07) is 3.16. The van der Waals surface area contributed by atoms with Crippen LogP contribution in [0.2, 0.25) is 0 Å². The van der Waals surface area contributed by atoms with Gasteiger partial charge in [0.05, 0.1) is 0 Å². The van der Waals surface area contributed by atoms with E-state index in [2.05, 4.69) is 4.98 Å². The van der Waals surface area contributed by atoms with Gasteiger partial charge in [-0.25, -0.2) is 9.78 Å². The fraction of sp³-hybridized carbons (Fsp3) is 0.533. The van der Waals surface area contributed by atoms with Gasteiger partial charge in [0.2, 0.25) is 0 Å². The summed E-state index contributed by atoms with van der Waals surface area (Å²) in [5, 5.41) is 0. The van der Waals surface area contributed by atoms with Crippen molar-refractivity contribution in [3.8, 4) is 0 Å². The van der Waals surface area contributed by atoms with Crippen LogP contribution in [0.4, 0.5) is 10.6 Å². The lowest BCUT2D eigenvalue weighted by Crippen LogP contribution is -2.57. The Kier molecular flexibility index (Phi) is 3.98. The second-order valence-electron chi connectivity index (χ2n) is 5.66. The Morgan fingerprint density at radius 3 is 2.95 bits per heavy atom. The molecule has 1 unspecified atom stereocenters. The van der Waals surface area contributed by atoms with Crippen LogP contribution in [0, 0.1) is 0 Å². The first kappa shape index (κ1) is 14.8. The summed E-state index contributed by atoms with van der Waals surface area (Å²) in [5.41, 5.74) is 6.51. The van der Waals surface area contributed by atoms with Crippen molar-refractivity contribution in [2.45, 2.75) is 38.0 Å². The summed E-state index contributed by atoms with van der Waals surface area (Å²) < 4.78 is 5.45. The highest BCUT2D eigenvalue weighted by Crippen LogP contribution is 2.30. The predicted molar refractivity (Wildman–Crippen MR) is 80.2 cm³/mol. The highest BCUT2D eigenvalue weighted by Gasteiger charge is 2.38. The van der Waals surface area contributed by atoms with Crippen LogP contribution in [0.25, 0.3) is 0 Å². The van der Waals surface area contributed by atoms with Gasteiger partial charge in [0.25, 0.3) is 5.91 Å². The van der Waals surface area contributed by atoms with Gasteiger partial charge in [0.1, 0.15) is 18.1 Å². The minimum Gasteiger partial charge on any atom is -0.368 e. The number of hydrogen-bond donors (Lipinski definition) is 1. The molecule has 7 nitrogen and oxygen atoms in total. The minimum absolute atomic E-state index is 0.104. The number of fused-ring (bicyclic) bond motifs is 1. The van der Waals surface area contributed by atoms with E-state index in [-0.39, 0.29) is 5.91 Å². The van der Waals surface area contributed by atoms with Crippen LogP contribution in [0.15, 0.2) is 18.3 Å².